The predicted molar refractivity (Wildman–Crippen MR) is 147 cm³/mol. The molecule has 192 valence electrons. The van der Waals surface area contributed by atoms with Gasteiger partial charge in [0.2, 0.25) is 15.9 Å². The Balaban J connectivity index is 1.64. The van der Waals surface area contributed by atoms with E-state index in [1.165, 1.54) is 9.18 Å². The third-order valence-electron chi connectivity index (χ3n) is 6.64. The lowest BCUT2D eigenvalue weighted by Crippen LogP contribution is -2.47. The molecule has 1 atom stereocenters. The fraction of sp³-hybridized carbons (Fsp3) is 0.414. The molecule has 3 aromatic rings. The summed E-state index contributed by atoms with van der Waals surface area (Å²) in [5.41, 5.74) is 3.18. The first kappa shape index (κ1) is 26.6. The lowest BCUT2D eigenvalue weighted by atomic mass is 9.87. The van der Waals surface area contributed by atoms with Crippen molar-refractivity contribution >= 4 is 27.3 Å². The average Bonchev–Trinajstić information content (AvgIpc) is 3.31. The Morgan fingerprint density at radius 2 is 1.72 bits per heavy atom. The van der Waals surface area contributed by atoms with Crippen molar-refractivity contribution in [2.75, 3.05) is 19.6 Å². The Labute approximate surface area is 219 Å². The van der Waals surface area contributed by atoms with Crippen LogP contribution in [0.1, 0.15) is 62.2 Å². The van der Waals surface area contributed by atoms with Gasteiger partial charge in [-0.15, -0.1) is 11.3 Å². The molecule has 0 fully saturated rings. The molecule has 1 aromatic heterocycles. The Hall–Kier alpha value is -2.48. The van der Waals surface area contributed by atoms with Gasteiger partial charge in [0.1, 0.15) is 0 Å². The molecule has 1 unspecified atom stereocenters. The number of benzene rings is 2. The van der Waals surface area contributed by atoms with E-state index in [0.29, 0.717) is 6.54 Å². The van der Waals surface area contributed by atoms with Gasteiger partial charge in [-0.2, -0.15) is 4.31 Å². The number of rotatable bonds is 7. The van der Waals surface area contributed by atoms with E-state index in [1.54, 1.807) is 23.5 Å². The van der Waals surface area contributed by atoms with E-state index in [4.69, 9.17) is 0 Å². The monoisotopic (exact) mass is 524 g/mol. The molecule has 1 aliphatic heterocycles. The van der Waals surface area contributed by atoms with Gasteiger partial charge >= 0.3 is 0 Å². The molecule has 2 aromatic carbocycles. The highest BCUT2D eigenvalue weighted by Crippen LogP contribution is 2.38. The number of fused-ring (bicyclic) bond motifs is 1. The fourth-order valence-electron chi connectivity index (χ4n) is 4.75. The van der Waals surface area contributed by atoms with Gasteiger partial charge in [-0.3, -0.25) is 4.79 Å². The molecule has 0 radical (unpaired) electrons. The summed E-state index contributed by atoms with van der Waals surface area (Å²) in [5.74, 6) is -0.0904. The molecule has 0 N–H and O–H groups in total. The van der Waals surface area contributed by atoms with Crippen molar-refractivity contribution in [3.63, 3.8) is 0 Å². The topological polar surface area (TPSA) is 57.7 Å². The second kappa shape index (κ2) is 10.5. The summed E-state index contributed by atoms with van der Waals surface area (Å²) in [6.45, 7) is 10.9. The van der Waals surface area contributed by atoms with Crippen molar-refractivity contribution in [3.05, 3.63) is 87.6 Å². The maximum Gasteiger partial charge on any atom is 0.243 e. The van der Waals surface area contributed by atoms with E-state index < -0.39 is 10.0 Å². The van der Waals surface area contributed by atoms with Crippen LogP contribution in [0, 0.1) is 5.92 Å². The zero-order valence-corrected chi connectivity index (χ0v) is 23.4. The summed E-state index contributed by atoms with van der Waals surface area (Å²) in [6, 6.07) is 19.0. The minimum atomic E-state index is -3.84. The van der Waals surface area contributed by atoms with Gasteiger partial charge in [-0.1, -0.05) is 77.1 Å². The van der Waals surface area contributed by atoms with Gasteiger partial charge in [-0.25, -0.2) is 8.42 Å². The van der Waals surface area contributed by atoms with Crippen LogP contribution in [0.5, 0.6) is 0 Å². The molecule has 1 amide bonds. The molecule has 0 spiro atoms. The van der Waals surface area contributed by atoms with Crippen molar-refractivity contribution in [2.24, 2.45) is 5.92 Å². The molecule has 0 aliphatic carbocycles. The SMILES string of the molecule is CC(C)CN(CC(=O)N1CCc2sccc2C1c1ccccc1)S(=O)(=O)c1ccc(C(C)(C)C)cc1. The zero-order chi connectivity index (χ0) is 26.1. The van der Waals surface area contributed by atoms with Gasteiger partial charge in [0.05, 0.1) is 17.5 Å². The van der Waals surface area contributed by atoms with Gasteiger partial charge in [0.15, 0.2) is 0 Å². The number of carbonyl (C=O) groups excluding carboxylic acids is 1. The quantitative estimate of drug-likeness (QED) is 0.389. The van der Waals surface area contributed by atoms with Crippen LogP contribution in [0.25, 0.3) is 0 Å². The first-order valence-corrected chi connectivity index (χ1v) is 14.8. The van der Waals surface area contributed by atoms with Crippen LogP contribution in [-0.2, 0) is 26.7 Å². The molecule has 7 heteroatoms. The molecule has 0 bridgehead atoms. The Morgan fingerprint density at radius 1 is 1.06 bits per heavy atom. The van der Waals surface area contributed by atoms with E-state index in [1.807, 2.05) is 61.2 Å². The average molecular weight is 525 g/mol. The number of hydrogen-bond donors (Lipinski definition) is 0. The van der Waals surface area contributed by atoms with Crippen LogP contribution in [0.2, 0.25) is 0 Å². The lowest BCUT2D eigenvalue weighted by Gasteiger charge is -2.37. The molecule has 0 saturated heterocycles. The first-order chi connectivity index (χ1) is 17.0. The third-order valence-corrected chi connectivity index (χ3v) is 9.46. The van der Waals surface area contributed by atoms with Crippen LogP contribution in [0.3, 0.4) is 0 Å². The third kappa shape index (κ3) is 5.58. The van der Waals surface area contributed by atoms with Crippen LogP contribution in [0.4, 0.5) is 0 Å². The molecule has 36 heavy (non-hydrogen) atoms. The van der Waals surface area contributed by atoms with Crippen LogP contribution in [0.15, 0.2) is 70.9 Å². The van der Waals surface area contributed by atoms with Crippen molar-refractivity contribution in [3.8, 4) is 0 Å². The summed E-state index contributed by atoms with van der Waals surface area (Å²) in [6.07, 6.45) is 0.785. The number of nitrogens with zero attached hydrogens (tertiary/aromatic N) is 2. The van der Waals surface area contributed by atoms with E-state index in [0.717, 1.165) is 23.1 Å². The normalized spacial score (nSPS) is 16.4. The number of sulfonamides is 1. The zero-order valence-electron chi connectivity index (χ0n) is 21.8. The number of carbonyl (C=O) groups is 1. The van der Waals surface area contributed by atoms with E-state index in [-0.39, 0.29) is 41.3 Å². The maximum absolute atomic E-state index is 13.8. The van der Waals surface area contributed by atoms with Gasteiger partial charge in [-0.05, 0) is 58.0 Å². The standard InChI is InChI=1S/C29H36N2O3S2/c1-21(2)19-30(36(33,34)24-13-11-23(12-14-24)29(3,4)5)20-27(32)31-17-15-26-25(16-18-35-26)28(31)22-9-7-6-8-10-22/h6-14,16,18,21,28H,15,17,19-20H2,1-5H3. The number of amides is 1. The molecule has 2 heterocycles. The van der Waals surface area contributed by atoms with E-state index >= 15 is 0 Å². The summed E-state index contributed by atoms with van der Waals surface area (Å²) >= 11 is 1.72. The van der Waals surface area contributed by atoms with Gasteiger partial charge < -0.3 is 4.90 Å². The minimum absolute atomic E-state index is 0.0723. The summed E-state index contributed by atoms with van der Waals surface area (Å²) in [7, 11) is -3.84. The minimum Gasteiger partial charge on any atom is -0.330 e. The van der Waals surface area contributed by atoms with Crippen molar-refractivity contribution in [2.45, 2.75) is 57.4 Å². The van der Waals surface area contributed by atoms with E-state index in [9.17, 15) is 13.2 Å². The molecular formula is C29H36N2O3S2. The predicted octanol–water partition coefficient (Wildman–Crippen LogP) is 5.87. The molecular weight excluding hydrogens is 488 g/mol. The highest BCUT2D eigenvalue weighted by atomic mass is 32.2. The second-order valence-electron chi connectivity index (χ2n) is 10.9. The summed E-state index contributed by atoms with van der Waals surface area (Å²) in [5, 5.41) is 2.07. The van der Waals surface area contributed by atoms with Crippen molar-refractivity contribution < 1.29 is 13.2 Å². The first-order valence-electron chi connectivity index (χ1n) is 12.5. The summed E-state index contributed by atoms with van der Waals surface area (Å²) in [4.78, 5) is 17.2. The Kier molecular flexibility index (Phi) is 7.74. The highest BCUT2D eigenvalue weighted by Gasteiger charge is 2.35. The number of hydrogen-bond acceptors (Lipinski definition) is 4. The Bertz CT molecular complexity index is 1290. The number of thiophene rings is 1. The van der Waals surface area contributed by atoms with Gasteiger partial charge in [0, 0.05) is 18.0 Å². The molecule has 1 aliphatic rings. The largest absolute Gasteiger partial charge is 0.330 e. The molecule has 5 nitrogen and oxygen atoms in total. The smallest absolute Gasteiger partial charge is 0.243 e. The lowest BCUT2D eigenvalue weighted by molar-refractivity contribution is -0.133. The Morgan fingerprint density at radius 3 is 2.33 bits per heavy atom. The summed E-state index contributed by atoms with van der Waals surface area (Å²) < 4.78 is 28.8. The van der Waals surface area contributed by atoms with Crippen molar-refractivity contribution in [1.82, 2.24) is 9.21 Å². The highest BCUT2D eigenvalue weighted by molar-refractivity contribution is 7.89. The van der Waals surface area contributed by atoms with Gasteiger partial charge in [0.25, 0.3) is 0 Å². The van der Waals surface area contributed by atoms with E-state index in [2.05, 4.69) is 32.2 Å². The molecule has 0 saturated carbocycles. The fourth-order valence-corrected chi connectivity index (χ4v) is 7.21. The maximum atomic E-state index is 13.8. The van der Waals surface area contributed by atoms with Crippen LogP contribution < -0.4 is 0 Å². The van der Waals surface area contributed by atoms with Crippen LogP contribution in [-0.4, -0.2) is 43.2 Å². The molecule has 4 rings (SSSR count). The van der Waals surface area contributed by atoms with Crippen molar-refractivity contribution in [1.29, 1.82) is 0 Å². The second-order valence-corrected chi connectivity index (χ2v) is 13.9. The van der Waals surface area contributed by atoms with Crippen LogP contribution >= 0.6 is 11.3 Å².